The normalized spacial score (nSPS) is 18.7. The van der Waals surface area contributed by atoms with Crippen molar-refractivity contribution in [1.82, 2.24) is 5.32 Å². The van der Waals surface area contributed by atoms with Gasteiger partial charge in [0, 0.05) is 17.8 Å². The number of imide groups is 2. The van der Waals surface area contributed by atoms with Crippen molar-refractivity contribution in [2.45, 2.75) is 54.0 Å². The second kappa shape index (κ2) is 8.28. The summed E-state index contributed by atoms with van der Waals surface area (Å²) in [5.41, 5.74) is 7.21. The molecule has 0 unspecified atom stereocenters. The number of carbonyl (C=O) groups is 3. The van der Waals surface area contributed by atoms with Crippen molar-refractivity contribution in [3.05, 3.63) is 69.8 Å². The molecule has 2 aromatic rings. The van der Waals surface area contributed by atoms with Crippen LogP contribution in [0.4, 0.5) is 16.2 Å². The molecule has 2 aromatic carbocycles. The van der Waals surface area contributed by atoms with Crippen LogP contribution in [-0.4, -0.2) is 29.9 Å². The summed E-state index contributed by atoms with van der Waals surface area (Å²) in [6.45, 7) is 15.2. The van der Waals surface area contributed by atoms with E-state index in [1.165, 1.54) is 0 Å². The molecule has 0 aromatic heterocycles. The summed E-state index contributed by atoms with van der Waals surface area (Å²) in [6, 6.07) is 8.89. The van der Waals surface area contributed by atoms with Gasteiger partial charge < -0.3 is 4.90 Å². The summed E-state index contributed by atoms with van der Waals surface area (Å²) in [7, 11) is 0. The molecule has 6 heteroatoms. The first kappa shape index (κ1) is 23.5. The van der Waals surface area contributed by atoms with Gasteiger partial charge in [0.2, 0.25) is 0 Å². The number of hydrogen-bond donors (Lipinski definition) is 1. The van der Waals surface area contributed by atoms with Crippen LogP contribution in [0.1, 0.15) is 55.5 Å². The molecule has 1 N–H and O–H groups in total. The highest BCUT2D eigenvalue weighted by Crippen LogP contribution is 2.40. The first-order chi connectivity index (χ1) is 15.9. The molecule has 0 radical (unpaired) electrons. The van der Waals surface area contributed by atoms with E-state index in [-0.39, 0.29) is 11.1 Å². The zero-order valence-electron chi connectivity index (χ0n) is 20.9. The molecular formula is C28H31N3O3. The highest BCUT2D eigenvalue weighted by Gasteiger charge is 2.37. The van der Waals surface area contributed by atoms with Crippen molar-refractivity contribution in [2.75, 3.05) is 16.3 Å². The standard InChI is InChI=1S/C28H31N3O3/c1-8-30-24-12-18(4)20(13-22(24)19(5)15-28(30,6)7)14-23-25(32)29-27(34)31(26(23)33)21-10-16(2)9-17(3)11-21/h9-15H,8H2,1-7H3,(H,29,32,34)/b23-14-. The lowest BCUT2D eigenvalue weighted by atomic mass is 9.86. The molecule has 4 rings (SSSR count). The summed E-state index contributed by atoms with van der Waals surface area (Å²) < 4.78 is 0. The molecule has 2 heterocycles. The quantitative estimate of drug-likeness (QED) is 0.502. The van der Waals surface area contributed by atoms with E-state index in [0.29, 0.717) is 5.69 Å². The average Bonchev–Trinajstić information content (AvgIpc) is 2.70. The van der Waals surface area contributed by atoms with E-state index in [0.717, 1.165) is 50.5 Å². The number of likely N-dealkylation sites (N-methyl/N-ethyl adjacent to an activating group) is 1. The van der Waals surface area contributed by atoms with E-state index >= 15 is 0 Å². The first-order valence-corrected chi connectivity index (χ1v) is 11.5. The van der Waals surface area contributed by atoms with Crippen LogP contribution >= 0.6 is 0 Å². The zero-order valence-corrected chi connectivity index (χ0v) is 20.9. The predicted molar refractivity (Wildman–Crippen MR) is 137 cm³/mol. The number of fused-ring (bicyclic) bond motifs is 1. The fourth-order valence-corrected chi connectivity index (χ4v) is 5.11. The van der Waals surface area contributed by atoms with Gasteiger partial charge in [0.1, 0.15) is 5.57 Å². The number of rotatable bonds is 3. The van der Waals surface area contributed by atoms with Crippen molar-refractivity contribution < 1.29 is 14.4 Å². The molecule has 1 fully saturated rings. The maximum absolute atomic E-state index is 13.4. The molecule has 4 amide bonds. The topological polar surface area (TPSA) is 69.7 Å². The number of nitrogens with zero attached hydrogens (tertiary/aromatic N) is 2. The van der Waals surface area contributed by atoms with Gasteiger partial charge >= 0.3 is 6.03 Å². The van der Waals surface area contributed by atoms with Crippen LogP contribution in [0.25, 0.3) is 11.6 Å². The number of aryl methyl sites for hydroxylation is 3. The molecule has 0 atom stereocenters. The van der Waals surface area contributed by atoms with E-state index < -0.39 is 17.8 Å². The van der Waals surface area contributed by atoms with Crippen LogP contribution in [0.3, 0.4) is 0 Å². The van der Waals surface area contributed by atoms with E-state index in [9.17, 15) is 14.4 Å². The Balaban J connectivity index is 1.81. The van der Waals surface area contributed by atoms with Crippen LogP contribution in [-0.2, 0) is 9.59 Å². The van der Waals surface area contributed by atoms with Crippen LogP contribution < -0.4 is 15.1 Å². The number of barbiturate groups is 1. The summed E-state index contributed by atoms with van der Waals surface area (Å²) in [4.78, 5) is 42.1. The molecule has 0 spiro atoms. The summed E-state index contributed by atoms with van der Waals surface area (Å²) in [5, 5.41) is 2.32. The second-order valence-corrected chi connectivity index (χ2v) is 9.75. The van der Waals surface area contributed by atoms with E-state index in [2.05, 4.69) is 50.1 Å². The van der Waals surface area contributed by atoms with E-state index in [1.54, 1.807) is 18.2 Å². The maximum atomic E-state index is 13.4. The lowest BCUT2D eigenvalue weighted by Crippen LogP contribution is -2.54. The third-order valence-corrected chi connectivity index (χ3v) is 6.55. The Morgan fingerprint density at radius 1 is 0.941 bits per heavy atom. The predicted octanol–water partition coefficient (Wildman–Crippen LogP) is 5.30. The van der Waals surface area contributed by atoms with Gasteiger partial charge in [0.25, 0.3) is 11.8 Å². The minimum absolute atomic E-state index is 0.0630. The number of allylic oxidation sites excluding steroid dienone is 1. The molecule has 1 saturated heterocycles. The lowest BCUT2D eigenvalue weighted by molar-refractivity contribution is -0.122. The highest BCUT2D eigenvalue weighted by atomic mass is 16.2. The average molecular weight is 458 g/mol. The summed E-state index contributed by atoms with van der Waals surface area (Å²) >= 11 is 0. The Bertz CT molecular complexity index is 1280. The van der Waals surface area contributed by atoms with E-state index in [1.807, 2.05) is 32.9 Å². The van der Waals surface area contributed by atoms with Gasteiger partial charge in [-0.25, -0.2) is 9.69 Å². The monoisotopic (exact) mass is 457 g/mol. The van der Waals surface area contributed by atoms with Crippen molar-refractivity contribution in [3.8, 4) is 0 Å². The molecule has 34 heavy (non-hydrogen) atoms. The maximum Gasteiger partial charge on any atom is 0.335 e. The van der Waals surface area contributed by atoms with Crippen molar-refractivity contribution in [3.63, 3.8) is 0 Å². The SMILES string of the molecule is CCN1c2cc(C)c(/C=C3/C(=O)NC(=O)N(c4cc(C)cc(C)c4)C3=O)cc2C(C)=CC1(C)C. The summed E-state index contributed by atoms with van der Waals surface area (Å²) in [5.74, 6) is -1.31. The van der Waals surface area contributed by atoms with Gasteiger partial charge in [0.15, 0.2) is 0 Å². The number of urea groups is 1. The Morgan fingerprint density at radius 3 is 2.21 bits per heavy atom. The molecular weight excluding hydrogens is 426 g/mol. The number of nitrogens with one attached hydrogen (secondary N) is 1. The van der Waals surface area contributed by atoms with Crippen molar-refractivity contribution >= 4 is 40.9 Å². The highest BCUT2D eigenvalue weighted by molar-refractivity contribution is 6.39. The zero-order chi connectivity index (χ0) is 24.9. The third-order valence-electron chi connectivity index (χ3n) is 6.55. The fourth-order valence-electron chi connectivity index (χ4n) is 5.11. The molecule has 6 nitrogen and oxygen atoms in total. The third kappa shape index (κ3) is 3.94. The number of hydrogen-bond acceptors (Lipinski definition) is 4. The smallest absolute Gasteiger partial charge is 0.335 e. The number of anilines is 2. The molecule has 2 aliphatic heterocycles. The minimum Gasteiger partial charge on any atom is -0.363 e. The van der Waals surface area contributed by atoms with Crippen molar-refractivity contribution in [1.29, 1.82) is 0 Å². The van der Waals surface area contributed by atoms with Crippen LogP contribution in [0.15, 0.2) is 42.0 Å². The number of amides is 4. The minimum atomic E-state index is -0.737. The summed E-state index contributed by atoms with van der Waals surface area (Å²) in [6.07, 6.45) is 3.84. The Morgan fingerprint density at radius 2 is 1.59 bits per heavy atom. The Labute approximate surface area is 200 Å². The molecule has 2 aliphatic rings. The number of benzene rings is 2. The lowest BCUT2D eigenvalue weighted by Gasteiger charge is -2.43. The van der Waals surface area contributed by atoms with Gasteiger partial charge in [-0.05, 0) is 107 Å². The first-order valence-electron chi connectivity index (χ1n) is 11.5. The van der Waals surface area contributed by atoms with Crippen LogP contribution in [0, 0.1) is 20.8 Å². The second-order valence-electron chi connectivity index (χ2n) is 9.75. The van der Waals surface area contributed by atoms with Crippen LogP contribution in [0.2, 0.25) is 0 Å². The molecule has 0 aliphatic carbocycles. The largest absolute Gasteiger partial charge is 0.363 e. The van der Waals surface area contributed by atoms with Gasteiger partial charge in [-0.3, -0.25) is 14.9 Å². The van der Waals surface area contributed by atoms with Gasteiger partial charge in [-0.2, -0.15) is 0 Å². The van der Waals surface area contributed by atoms with Crippen LogP contribution in [0.5, 0.6) is 0 Å². The fraction of sp³-hybridized carbons (Fsp3) is 0.321. The van der Waals surface area contributed by atoms with Gasteiger partial charge in [0.05, 0.1) is 11.2 Å². The van der Waals surface area contributed by atoms with E-state index in [4.69, 9.17) is 0 Å². The van der Waals surface area contributed by atoms with Crippen molar-refractivity contribution in [2.24, 2.45) is 0 Å². The molecule has 176 valence electrons. The Kier molecular flexibility index (Phi) is 5.72. The molecule has 0 saturated carbocycles. The van der Waals surface area contributed by atoms with Gasteiger partial charge in [-0.15, -0.1) is 0 Å². The van der Waals surface area contributed by atoms with Gasteiger partial charge in [-0.1, -0.05) is 12.1 Å². The number of carbonyl (C=O) groups excluding carboxylic acids is 3. The molecule has 0 bridgehead atoms. The Hall–Kier alpha value is -3.67.